The van der Waals surface area contributed by atoms with Crippen molar-refractivity contribution in [2.75, 3.05) is 13.2 Å². The number of amides is 1. The van der Waals surface area contributed by atoms with Crippen molar-refractivity contribution in [1.82, 2.24) is 5.32 Å². The number of aliphatic hydroxyl groups is 1. The third kappa shape index (κ3) is 7.96. The van der Waals surface area contributed by atoms with Crippen LogP contribution in [0.4, 0.5) is 43.9 Å². The Morgan fingerprint density at radius 3 is 2.09 bits per heavy atom. The minimum atomic E-state index is -5.21. The van der Waals surface area contributed by atoms with E-state index in [1.165, 1.54) is 12.1 Å². The first-order valence-electron chi connectivity index (χ1n) is 13.5. The highest BCUT2D eigenvalue weighted by Gasteiger charge is 2.45. The molecule has 4 aromatic carbocycles. The summed E-state index contributed by atoms with van der Waals surface area (Å²) < 4.78 is 147. The van der Waals surface area contributed by atoms with E-state index < -0.39 is 95.4 Å². The molecule has 5 nitrogen and oxygen atoms in total. The van der Waals surface area contributed by atoms with Gasteiger partial charge < -0.3 is 19.9 Å². The molecule has 0 aliphatic rings. The molecule has 4 rings (SSSR count). The van der Waals surface area contributed by atoms with Crippen molar-refractivity contribution in [3.05, 3.63) is 130 Å². The van der Waals surface area contributed by atoms with Crippen molar-refractivity contribution in [2.45, 2.75) is 30.7 Å². The maximum absolute atomic E-state index is 16.0. The van der Waals surface area contributed by atoms with Crippen LogP contribution in [0.25, 0.3) is 0 Å². The lowest BCUT2D eigenvalue weighted by molar-refractivity contribution is -0.253. The Labute approximate surface area is 260 Å². The number of hydrogen-bond acceptors (Lipinski definition) is 4. The lowest BCUT2D eigenvalue weighted by Gasteiger charge is -2.37. The Morgan fingerprint density at radius 1 is 0.787 bits per heavy atom. The number of hydrogen-bond donors (Lipinski definition) is 2. The second-order valence-electron chi connectivity index (χ2n) is 10.0. The minimum Gasteiger partial charge on any atom is -0.488 e. The van der Waals surface area contributed by atoms with E-state index in [1.54, 1.807) is 18.2 Å². The summed E-state index contributed by atoms with van der Waals surface area (Å²) in [4.78, 5) is 13.7. The predicted molar refractivity (Wildman–Crippen MR) is 147 cm³/mol. The SMILES string of the molecule is O=C(NC(Cc1ccccc1)(c1ccc(F)c(OCCO)c1)c1ccc(OC(F)(F)C(F)F)cc1F)c1ccc(F)c(C(F)(F)F)c1. The van der Waals surface area contributed by atoms with Gasteiger partial charge in [-0.3, -0.25) is 4.79 Å². The second-order valence-corrected chi connectivity index (χ2v) is 10.0. The highest BCUT2D eigenvalue weighted by atomic mass is 19.4. The first-order chi connectivity index (χ1) is 22.1. The number of benzene rings is 4. The number of ether oxygens (including phenoxy) is 2. The van der Waals surface area contributed by atoms with E-state index in [1.807, 2.05) is 0 Å². The molecule has 2 N–H and O–H groups in total. The molecule has 0 radical (unpaired) electrons. The van der Waals surface area contributed by atoms with Gasteiger partial charge in [-0.25, -0.2) is 13.2 Å². The molecular weight excluding hydrogens is 652 g/mol. The van der Waals surface area contributed by atoms with E-state index in [0.29, 0.717) is 23.8 Å². The average Bonchev–Trinajstić information content (AvgIpc) is 3.00. The van der Waals surface area contributed by atoms with Gasteiger partial charge in [-0.05, 0) is 53.6 Å². The lowest BCUT2D eigenvalue weighted by atomic mass is 9.77. The van der Waals surface area contributed by atoms with Crippen LogP contribution < -0.4 is 14.8 Å². The molecule has 0 aliphatic heterocycles. The number of aliphatic hydroxyl groups excluding tert-OH is 1. The van der Waals surface area contributed by atoms with Crippen LogP contribution in [0.15, 0.2) is 84.9 Å². The van der Waals surface area contributed by atoms with Crippen LogP contribution >= 0.6 is 0 Å². The second kappa shape index (κ2) is 13.9. The van der Waals surface area contributed by atoms with Crippen molar-refractivity contribution in [1.29, 1.82) is 0 Å². The number of nitrogens with one attached hydrogen (secondary N) is 1. The lowest BCUT2D eigenvalue weighted by Crippen LogP contribution is -2.49. The third-order valence-electron chi connectivity index (χ3n) is 6.85. The zero-order valence-corrected chi connectivity index (χ0v) is 23.7. The van der Waals surface area contributed by atoms with Crippen LogP contribution in [0.2, 0.25) is 0 Å². The van der Waals surface area contributed by atoms with E-state index in [0.717, 1.165) is 30.3 Å². The fourth-order valence-corrected chi connectivity index (χ4v) is 4.73. The quantitative estimate of drug-likeness (QED) is 0.152. The molecule has 4 aromatic rings. The van der Waals surface area contributed by atoms with Gasteiger partial charge in [0.25, 0.3) is 5.91 Å². The van der Waals surface area contributed by atoms with Crippen LogP contribution in [0.1, 0.15) is 32.6 Å². The maximum Gasteiger partial charge on any atom is 0.461 e. The normalized spacial score (nSPS) is 13.3. The van der Waals surface area contributed by atoms with Gasteiger partial charge in [-0.1, -0.05) is 36.4 Å². The van der Waals surface area contributed by atoms with Crippen LogP contribution in [0, 0.1) is 17.5 Å². The molecule has 47 heavy (non-hydrogen) atoms. The van der Waals surface area contributed by atoms with Gasteiger partial charge in [0.05, 0.1) is 17.7 Å². The Bertz CT molecular complexity index is 1720. The van der Waals surface area contributed by atoms with Gasteiger partial charge >= 0.3 is 18.7 Å². The molecule has 0 fully saturated rings. The van der Waals surface area contributed by atoms with E-state index in [-0.39, 0.29) is 11.6 Å². The molecule has 0 saturated heterocycles. The monoisotopic (exact) mass is 675 g/mol. The van der Waals surface area contributed by atoms with E-state index in [9.17, 15) is 44.3 Å². The van der Waals surface area contributed by atoms with Gasteiger partial charge in [-0.2, -0.15) is 30.7 Å². The highest BCUT2D eigenvalue weighted by molar-refractivity contribution is 5.95. The summed E-state index contributed by atoms with van der Waals surface area (Å²) in [5.41, 5.74) is -5.11. The summed E-state index contributed by atoms with van der Waals surface area (Å²) in [6, 6.07) is 13.8. The zero-order chi connectivity index (χ0) is 34.6. The van der Waals surface area contributed by atoms with Crippen molar-refractivity contribution in [3.8, 4) is 11.5 Å². The minimum absolute atomic E-state index is 0.160. The van der Waals surface area contributed by atoms with Gasteiger partial charge in [0.15, 0.2) is 11.6 Å². The number of alkyl halides is 7. The fourth-order valence-electron chi connectivity index (χ4n) is 4.73. The molecular formula is C32H23F10NO4. The van der Waals surface area contributed by atoms with Crippen molar-refractivity contribution in [3.63, 3.8) is 0 Å². The average molecular weight is 676 g/mol. The Morgan fingerprint density at radius 2 is 1.47 bits per heavy atom. The largest absolute Gasteiger partial charge is 0.488 e. The van der Waals surface area contributed by atoms with Gasteiger partial charge in [0.1, 0.15) is 24.0 Å². The summed E-state index contributed by atoms with van der Waals surface area (Å²) in [5.74, 6) is -6.92. The number of carbonyl (C=O) groups excluding carboxylic acids is 1. The molecule has 0 spiro atoms. The molecule has 1 amide bonds. The summed E-state index contributed by atoms with van der Waals surface area (Å²) in [7, 11) is 0. The summed E-state index contributed by atoms with van der Waals surface area (Å²) in [5, 5.41) is 11.6. The Kier molecular flexibility index (Phi) is 10.4. The molecule has 1 unspecified atom stereocenters. The van der Waals surface area contributed by atoms with Gasteiger partial charge in [0, 0.05) is 23.6 Å². The summed E-state index contributed by atoms with van der Waals surface area (Å²) in [6.07, 6.45) is -14.9. The fraction of sp³-hybridized carbons (Fsp3) is 0.219. The third-order valence-corrected chi connectivity index (χ3v) is 6.85. The molecule has 1 atom stereocenters. The molecule has 250 valence electrons. The summed E-state index contributed by atoms with van der Waals surface area (Å²) in [6.45, 7) is -0.964. The molecule has 0 aliphatic carbocycles. The first-order valence-corrected chi connectivity index (χ1v) is 13.5. The van der Waals surface area contributed by atoms with Crippen LogP contribution in [-0.4, -0.2) is 36.8 Å². The molecule has 0 aromatic heterocycles. The van der Waals surface area contributed by atoms with E-state index >= 15 is 4.39 Å². The summed E-state index contributed by atoms with van der Waals surface area (Å²) >= 11 is 0. The van der Waals surface area contributed by atoms with Crippen molar-refractivity contribution in [2.24, 2.45) is 0 Å². The molecule has 0 heterocycles. The highest BCUT2D eigenvalue weighted by Crippen LogP contribution is 2.40. The Balaban J connectivity index is 1.97. The number of rotatable bonds is 12. The smallest absolute Gasteiger partial charge is 0.461 e. The maximum atomic E-state index is 16.0. The van der Waals surface area contributed by atoms with Crippen LogP contribution in [-0.2, 0) is 18.1 Å². The Hall–Kier alpha value is -4.79. The molecule has 15 heteroatoms. The predicted octanol–water partition coefficient (Wildman–Crippen LogP) is 7.65. The van der Waals surface area contributed by atoms with Gasteiger partial charge in [0.2, 0.25) is 0 Å². The van der Waals surface area contributed by atoms with Crippen LogP contribution in [0.3, 0.4) is 0 Å². The first kappa shape index (κ1) is 35.1. The topological polar surface area (TPSA) is 67.8 Å². The van der Waals surface area contributed by atoms with Crippen molar-refractivity contribution >= 4 is 5.91 Å². The van der Waals surface area contributed by atoms with Gasteiger partial charge in [-0.15, -0.1) is 0 Å². The standard InChI is InChI=1S/C32H23F10NO4/c33-24-10-6-19(14-23(24)31(38,39)40)28(45)43-30(17-18-4-2-1-3-5-18,20-7-11-25(34)27(15-20)46-13-12-44)22-9-8-21(16-26(22)35)47-32(41,42)29(36)37/h1-11,14-16,29,44H,12-13,17H2,(H,43,45). The number of halogens is 10. The number of carbonyl (C=O) groups is 1. The van der Waals surface area contributed by atoms with E-state index in [2.05, 4.69) is 10.1 Å². The van der Waals surface area contributed by atoms with Crippen molar-refractivity contribution < 1.29 is 63.3 Å². The van der Waals surface area contributed by atoms with Crippen LogP contribution in [0.5, 0.6) is 11.5 Å². The zero-order valence-electron chi connectivity index (χ0n) is 23.7. The molecule has 0 bridgehead atoms. The van der Waals surface area contributed by atoms with E-state index in [4.69, 9.17) is 9.84 Å². The molecule has 0 saturated carbocycles.